The molecule has 0 radical (unpaired) electrons. The molecule has 1 saturated heterocycles. The predicted octanol–water partition coefficient (Wildman–Crippen LogP) is 0.600. The van der Waals surface area contributed by atoms with Gasteiger partial charge in [0.1, 0.15) is 6.04 Å². The van der Waals surface area contributed by atoms with Gasteiger partial charge in [-0.2, -0.15) is 0 Å². The molecular weight excluding hydrogens is 162 g/mol. The van der Waals surface area contributed by atoms with Crippen molar-refractivity contribution in [2.45, 2.75) is 24.6 Å². The maximum absolute atomic E-state index is 11.1. The highest BCUT2D eigenvalue weighted by molar-refractivity contribution is 8.00. The van der Waals surface area contributed by atoms with Crippen molar-refractivity contribution in [3.05, 3.63) is 0 Å². The Morgan fingerprint density at radius 2 is 2.36 bits per heavy atom. The number of nitrogens with one attached hydrogen (secondary N) is 1. The summed E-state index contributed by atoms with van der Waals surface area (Å²) in [5.41, 5.74) is 0. The second-order valence-electron chi connectivity index (χ2n) is 3.05. The van der Waals surface area contributed by atoms with Crippen LogP contribution in [0.3, 0.4) is 0 Å². The van der Waals surface area contributed by atoms with Crippen LogP contribution in [-0.4, -0.2) is 29.7 Å². The summed E-state index contributed by atoms with van der Waals surface area (Å²) < 4.78 is 4.62. The average molecular weight is 175 g/mol. The van der Waals surface area contributed by atoms with Crippen LogP contribution in [-0.2, 0) is 9.53 Å². The van der Waals surface area contributed by atoms with E-state index in [1.807, 2.05) is 13.8 Å². The zero-order valence-corrected chi connectivity index (χ0v) is 7.83. The smallest absolute Gasteiger partial charge is 0.324 e. The molecule has 0 amide bonds. The fraction of sp³-hybridized carbons (Fsp3) is 0.857. The van der Waals surface area contributed by atoms with E-state index in [2.05, 4.69) is 10.1 Å². The molecule has 1 N–H and O–H groups in total. The van der Waals surface area contributed by atoms with E-state index in [0.717, 1.165) is 5.88 Å². The standard InChI is InChI=1S/C7H13NO2S/c1-7(2)5(6(9)10-3)8-4-11-7/h5,8H,4H2,1-3H3/t5-/m1/s1. The molecule has 1 aliphatic heterocycles. The van der Waals surface area contributed by atoms with Gasteiger partial charge in [-0.05, 0) is 13.8 Å². The van der Waals surface area contributed by atoms with Crippen LogP contribution in [0.25, 0.3) is 0 Å². The SMILES string of the molecule is COC(=O)[C@H]1NCSC1(C)C. The van der Waals surface area contributed by atoms with Gasteiger partial charge in [0.05, 0.1) is 7.11 Å². The van der Waals surface area contributed by atoms with Crippen LogP contribution in [0.15, 0.2) is 0 Å². The summed E-state index contributed by atoms with van der Waals surface area (Å²) in [7, 11) is 1.42. The van der Waals surface area contributed by atoms with Gasteiger partial charge in [0, 0.05) is 10.6 Å². The summed E-state index contributed by atoms with van der Waals surface area (Å²) in [4.78, 5) is 11.1. The maximum Gasteiger partial charge on any atom is 0.324 e. The number of thioether (sulfide) groups is 1. The molecule has 0 saturated carbocycles. The van der Waals surface area contributed by atoms with E-state index in [9.17, 15) is 4.79 Å². The topological polar surface area (TPSA) is 38.3 Å². The Bertz CT molecular complexity index is 170. The van der Waals surface area contributed by atoms with Gasteiger partial charge in [-0.1, -0.05) is 0 Å². The minimum Gasteiger partial charge on any atom is -0.468 e. The third-order valence-corrected chi connectivity index (χ3v) is 3.15. The molecule has 0 aromatic rings. The molecule has 11 heavy (non-hydrogen) atoms. The molecule has 4 heteroatoms. The van der Waals surface area contributed by atoms with E-state index in [-0.39, 0.29) is 16.8 Å². The number of hydrogen-bond donors (Lipinski definition) is 1. The number of carbonyl (C=O) groups is 1. The largest absolute Gasteiger partial charge is 0.468 e. The zero-order valence-electron chi connectivity index (χ0n) is 7.01. The Morgan fingerprint density at radius 3 is 2.73 bits per heavy atom. The number of ether oxygens (including phenoxy) is 1. The van der Waals surface area contributed by atoms with Crippen molar-refractivity contribution in [1.29, 1.82) is 0 Å². The van der Waals surface area contributed by atoms with Crippen molar-refractivity contribution in [3.8, 4) is 0 Å². The van der Waals surface area contributed by atoms with E-state index in [1.165, 1.54) is 7.11 Å². The van der Waals surface area contributed by atoms with Crippen LogP contribution in [0.1, 0.15) is 13.8 Å². The normalized spacial score (nSPS) is 28.5. The van der Waals surface area contributed by atoms with Crippen LogP contribution in [0.2, 0.25) is 0 Å². The Labute approximate surface area is 70.9 Å². The van der Waals surface area contributed by atoms with Crippen LogP contribution in [0.4, 0.5) is 0 Å². The lowest BCUT2D eigenvalue weighted by Crippen LogP contribution is -2.44. The Balaban J connectivity index is 2.64. The number of esters is 1. The van der Waals surface area contributed by atoms with Gasteiger partial charge in [0.15, 0.2) is 0 Å². The molecule has 0 spiro atoms. The third-order valence-electron chi connectivity index (χ3n) is 1.86. The minimum absolute atomic E-state index is 0.0346. The molecule has 0 aromatic heterocycles. The second kappa shape index (κ2) is 3.03. The van der Waals surface area contributed by atoms with Crippen LogP contribution in [0.5, 0.6) is 0 Å². The van der Waals surface area contributed by atoms with Crippen molar-refractivity contribution < 1.29 is 9.53 Å². The highest BCUT2D eigenvalue weighted by atomic mass is 32.2. The molecule has 1 rings (SSSR count). The highest BCUT2D eigenvalue weighted by Crippen LogP contribution is 2.33. The first-order valence-corrected chi connectivity index (χ1v) is 4.51. The molecule has 1 aliphatic rings. The predicted molar refractivity (Wildman–Crippen MR) is 45.5 cm³/mol. The average Bonchev–Trinajstić information content (AvgIpc) is 2.28. The lowest BCUT2D eigenvalue weighted by atomic mass is 10.0. The number of methoxy groups -OCH3 is 1. The molecule has 0 aliphatic carbocycles. The first-order chi connectivity index (χ1) is 5.08. The molecule has 0 bridgehead atoms. The summed E-state index contributed by atoms with van der Waals surface area (Å²) in [6.07, 6.45) is 0. The molecule has 1 atom stereocenters. The second-order valence-corrected chi connectivity index (χ2v) is 4.68. The summed E-state index contributed by atoms with van der Waals surface area (Å²) in [6, 6.07) is -0.155. The summed E-state index contributed by atoms with van der Waals surface area (Å²) in [5.74, 6) is 0.659. The molecule has 64 valence electrons. The van der Waals surface area contributed by atoms with Crippen LogP contribution >= 0.6 is 11.8 Å². The van der Waals surface area contributed by atoms with Crippen molar-refractivity contribution in [2.75, 3.05) is 13.0 Å². The quantitative estimate of drug-likeness (QED) is 0.592. The van der Waals surface area contributed by atoms with Gasteiger partial charge >= 0.3 is 5.97 Å². The fourth-order valence-corrected chi connectivity index (χ4v) is 2.09. The van der Waals surface area contributed by atoms with E-state index in [1.54, 1.807) is 11.8 Å². The van der Waals surface area contributed by atoms with Gasteiger partial charge < -0.3 is 4.74 Å². The van der Waals surface area contributed by atoms with E-state index in [0.29, 0.717) is 0 Å². The summed E-state index contributed by atoms with van der Waals surface area (Å²) in [5, 5.41) is 3.09. The minimum atomic E-state index is -0.167. The zero-order chi connectivity index (χ0) is 8.48. The Hall–Kier alpha value is -0.220. The Morgan fingerprint density at radius 1 is 1.73 bits per heavy atom. The highest BCUT2D eigenvalue weighted by Gasteiger charge is 2.40. The van der Waals surface area contributed by atoms with Gasteiger partial charge in [-0.15, -0.1) is 11.8 Å². The molecule has 1 heterocycles. The van der Waals surface area contributed by atoms with Crippen molar-refractivity contribution in [2.24, 2.45) is 0 Å². The van der Waals surface area contributed by atoms with Gasteiger partial charge in [0.25, 0.3) is 0 Å². The van der Waals surface area contributed by atoms with Gasteiger partial charge in [-0.25, -0.2) is 0 Å². The van der Waals surface area contributed by atoms with Gasteiger partial charge in [-0.3, -0.25) is 10.1 Å². The lowest BCUT2D eigenvalue weighted by Gasteiger charge is -2.22. The van der Waals surface area contributed by atoms with Gasteiger partial charge in [0.2, 0.25) is 0 Å². The third kappa shape index (κ3) is 1.68. The molecule has 3 nitrogen and oxygen atoms in total. The van der Waals surface area contributed by atoms with E-state index >= 15 is 0 Å². The first kappa shape index (κ1) is 8.87. The number of hydrogen-bond acceptors (Lipinski definition) is 4. The molecule has 1 fully saturated rings. The first-order valence-electron chi connectivity index (χ1n) is 3.53. The summed E-state index contributed by atoms with van der Waals surface area (Å²) in [6.45, 7) is 4.08. The van der Waals surface area contributed by atoms with Crippen molar-refractivity contribution >= 4 is 17.7 Å². The van der Waals surface area contributed by atoms with E-state index < -0.39 is 0 Å². The summed E-state index contributed by atoms with van der Waals surface area (Å²) >= 11 is 1.74. The molecule has 0 aromatic carbocycles. The number of carbonyl (C=O) groups excluding carboxylic acids is 1. The number of rotatable bonds is 1. The maximum atomic E-state index is 11.1. The fourth-order valence-electron chi connectivity index (χ4n) is 1.13. The Kier molecular flexibility index (Phi) is 2.44. The van der Waals surface area contributed by atoms with Crippen molar-refractivity contribution in [3.63, 3.8) is 0 Å². The van der Waals surface area contributed by atoms with Crippen LogP contribution in [0, 0.1) is 0 Å². The monoisotopic (exact) mass is 175 g/mol. The van der Waals surface area contributed by atoms with Crippen LogP contribution < -0.4 is 5.32 Å². The van der Waals surface area contributed by atoms with E-state index in [4.69, 9.17) is 0 Å². The lowest BCUT2D eigenvalue weighted by molar-refractivity contribution is -0.143. The molecular formula is C7H13NO2S. The molecule has 0 unspecified atom stereocenters. The van der Waals surface area contributed by atoms with Crippen molar-refractivity contribution in [1.82, 2.24) is 5.32 Å².